The molecule has 0 aliphatic heterocycles. The summed E-state index contributed by atoms with van der Waals surface area (Å²) in [6.07, 6.45) is 1.73. The number of phenolic OH excluding ortho intramolecular Hbond substituents is 2. The second kappa shape index (κ2) is 4.42. The third kappa shape index (κ3) is 1.91. The minimum absolute atomic E-state index is 0.141. The third-order valence-electron chi connectivity index (χ3n) is 3.33. The van der Waals surface area contributed by atoms with Crippen LogP contribution in [0.1, 0.15) is 5.56 Å². The van der Waals surface area contributed by atoms with Crippen LogP contribution in [0, 0.1) is 6.92 Å². The first-order valence-electron chi connectivity index (χ1n) is 6.20. The minimum Gasteiger partial charge on any atom is -0.508 e. The number of hydrogen-bond acceptors (Lipinski definition) is 3. The Balaban J connectivity index is 2.33. The Bertz CT molecular complexity index is 848. The average molecular weight is 267 g/mol. The lowest BCUT2D eigenvalue weighted by atomic mass is 10.1. The van der Waals surface area contributed by atoms with E-state index in [0.29, 0.717) is 11.1 Å². The SMILES string of the molecule is Cc1cn(-c2ccc(O)cc2)c(=O)c2ccc(O)cc12. The average Bonchev–Trinajstić information content (AvgIpc) is 2.44. The first-order chi connectivity index (χ1) is 9.56. The Morgan fingerprint density at radius 1 is 0.900 bits per heavy atom. The molecule has 0 saturated heterocycles. The van der Waals surface area contributed by atoms with Crippen molar-refractivity contribution >= 4 is 10.8 Å². The maximum absolute atomic E-state index is 12.5. The molecule has 0 aliphatic rings. The Labute approximate surface area is 115 Å². The molecule has 1 aromatic heterocycles. The molecule has 4 nitrogen and oxygen atoms in total. The third-order valence-corrected chi connectivity index (χ3v) is 3.33. The minimum atomic E-state index is -0.156. The number of hydrogen-bond donors (Lipinski definition) is 2. The number of aromatic hydroxyl groups is 2. The Morgan fingerprint density at radius 2 is 1.55 bits per heavy atom. The lowest BCUT2D eigenvalue weighted by Gasteiger charge is -2.10. The van der Waals surface area contributed by atoms with Crippen LogP contribution in [0.3, 0.4) is 0 Å². The molecule has 4 heteroatoms. The highest BCUT2D eigenvalue weighted by atomic mass is 16.3. The summed E-state index contributed by atoms with van der Waals surface area (Å²) in [5.41, 5.74) is 1.42. The van der Waals surface area contributed by atoms with E-state index in [0.717, 1.165) is 10.9 Å². The number of aryl methyl sites for hydroxylation is 1. The summed E-state index contributed by atoms with van der Waals surface area (Å²) in [5, 5.41) is 20.1. The second-order valence-corrected chi connectivity index (χ2v) is 4.73. The van der Waals surface area contributed by atoms with Gasteiger partial charge in [0.05, 0.1) is 0 Å². The largest absolute Gasteiger partial charge is 0.508 e. The van der Waals surface area contributed by atoms with Gasteiger partial charge in [0.15, 0.2) is 0 Å². The van der Waals surface area contributed by atoms with E-state index in [2.05, 4.69) is 0 Å². The zero-order valence-corrected chi connectivity index (χ0v) is 10.9. The predicted octanol–water partition coefficient (Wildman–Crippen LogP) is 2.71. The van der Waals surface area contributed by atoms with Crippen molar-refractivity contribution in [2.24, 2.45) is 0 Å². The van der Waals surface area contributed by atoms with Gasteiger partial charge in [0.1, 0.15) is 11.5 Å². The lowest BCUT2D eigenvalue weighted by Crippen LogP contribution is -2.18. The van der Waals surface area contributed by atoms with Crippen molar-refractivity contribution in [2.45, 2.75) is 6.92 Å². The van der Waals surface area contributed by atoms with Gasteiger partial charge < -0.3 is 10.2 Å². The van der Waals surface area contributed by atoms with E-state index in [1.54, 1.807) is 30.5 Å². The van der Waals surface area contributed by atoms with Gasteiger partial charge in [-0.2, -0.15) is 0 Å². The van der Waals surface area contributed by atoms with Crippen LogP contribution in [0.15, 0.2) is 53.5 Å². The zero-order valence-electron chi connectivity index (χ0n) is 10.9. The molecule has 0 saturated carbocycles. The quantitative estimate of drug-likeness (QED) is 0.712. The molecular weight excluding hydrogens is 254 g/mol. The van der Waals surface area contributed by atoms with E-state index in [4.69, 9.17) is 0 Å². The maximum Gasteiger partial charge on any atom is 0.262 e. The van der Waals surface area contributed by atoms with Gasteiger partial charge in [-0.15, -0.1) is 0 Å². The number of fused-ring (bicyclic) bond motifs is 1. The van der Waals surface area contributed by atoms with Crippen LogP contribution in [0.4, 0.5) is 0 Å². The molecule has 0 radical (unpaired) electrons. The van der Waals surface area contributed by atoms with Gasteiger partial charge in [0, 0.05) is 17.3 Å². The van der Waals surface area contributed by atoms with Crippen LogP contribution in [-0.4, -0.2) is 14.8 Å². The molecule has 0 aliphatic carbocycles. The van der Waals surface area contributed by atoms with Crippen LogP contribution >= 0.6 is 0 Å². The van der Waals surface area contributed by atoms with Crippen LogP contribution in [0.5, 0.6) is 11.5 Å². The van der Waals surface area contributed by atoms with Crippen molar-refractivity contribution in [1.29, 1.82) is 0 Å². The standard InChI is InChI=1S/C16H13NO3/c1-10-9-17(11-2-4-12(18)5-3-11)16(20)14-7-6-13(19)8-15(10)14/h2-9,18-19H,1H3. The van der Waals surface area contributed by atoms with E-state index in [1.165, 1.54) is 22.8 Å². The van der Waals surface area contributed by atoms with E-state index in [9.17, 15) is 15.0 Å². The lowest BCUT2D eigenvalue weighted by molar-refractivity contribution is 0.475. The topological polar surface area (TPSA) is 62.5 Å². The summed E-state index contributed by atoms with van der Waals surface area (Å²) >= 11 is 0. The molecule has 0 fully saturated rings. The molecule has 0 bridgehead atoms. The highest BCUT2D eigenvalue weighted by Crippen LogP contribution is 2.22. The fraction of sp³-hybridized carbons (Fsp3) is 0.0625. The van der Waals surface area contributed by atoms with Crippen LogP contribution in [0.2, 0.25) is 0 Å². The first-order valence-corrected chi connectivity index (χ1v) is 6.20. The molecule has 2 aromatic carbocycles. The molecule has 100 valence electrons. The molecule has 3 aromatic rings. The van der Waals surface area contributed by atoms with Gasteiger partial charge in [0.25, 0.3) is 5.56 Å². The number of nitrogens with zero attached hydrogens (tertiary/aromatic N) is 1. The van der Waals surface area contributed by atoms with Crippen molar-refractivity contribution in [3.8, 4) is 17.2 Å². The molecule has 0 unspecified atom stereocenters. The maximum atomic E-state index is 12.5. The summed E-state index contributed by atoms with van der Waals surface area (Å²) in [6, 6.07) is 11.2. The molecule has 0 spiro atoms. The van der Waals surface area contributed by atoms with E-state index in [-0.39, 0.29) is 17.1 Å². The number of pyridine rings is 1. The van der Waals surface area contributed by atoms with E-state index in [1.807, 2.05) is 6.92 Å². The molecule has 3 rings (SSSR count). The van der Waals surface area contributed by atoms with Gasteiger partial charge in [-0.3, -0.25) is 9.36 Å². The van der Waals surface area contributed by atoms with Crippen LogP contribution in [0.25, 0.3) is 16.5 Å². The Hall–Kier alpha value is -2.75. The second-order valence-electron chi connectivity index (χ2n) is 4.73. The first kappa shape index (κ1) is 12.3. The van der Waals surface area contributed by atoms with Gasteiger partial charge in [-0.05, 0) is 60.3 Å². The monoisotopic (exact) mass is 267 g/mol. The van der Waals surface area contributed by atoms with Crippen LogP contribution < -0.4 is 5.56 Å². The summed E-state index contributed by atoms with van der Waals surface area (Å²) in [5.74, 6) is 0.298. The van der Waals surface area contributed by atoms with E-state index < -0.39 is 0 Å². The Kier molecular flexibility index (Phi) is 2.71. The number of benzene rings is 2. The highest BCUT2D eigenvalue weighted by molar-refractivity contribution is 5.86. The smallest absolute Gasteiger partial charge is 0.262 e. The fourth-order valence-electron chi connectivity index (χ4n) is 2.30. The van der Waals surface area contributed by atoms with Gasteiger partial charge in [-0.25, -0.2) is 0 Å². The summed E-state index contributed by atoms with van der Waals surface area (Å²) < 4.78 is 1.54. The highest BCUT2D eigenvalue weighted by Gasteiger charge is 2.08. The van der Waals surface area contributed by atoms with Gasteiger partial charge in [0.2, 0.25) is 0 Å². The molecule has 2 N–H and O–H groups in total. The number of phenols is 2. The molecule has 0 atom stereocenters. The van der Waals surface area contributed by atoms with Gasteiger partial charge >= 0.3 is 0 Å². The number of aromatic nitrogens is 1. The predicted molar refractivity (Wildman–Crippen MR) is 77.6 cm³/mol. The fourth-order valence-corrected chi connectivity index (χ4v) is 2.30. The van der Waals surface area contributed by atoms with E-state index >= 15 is 0 Å². The number of rotatable bonds is 1. The van der Waals surface area contributed by atoms with Crippen molar-refractivity contribution in [3.63, 3.8) is 0 Å². The van der Waals surface area contributed by atoms with Crippen molar-refractivity contribution < 1.29 is 10.2 Å². The summed E-state index contributed by atoms with van der Waals surface area (Å²) in [6.45, 7) is 1.89. The van der Waals surface area contributed by atoms with Crippen molar-refractivity contribution in [1.82, 2.24) is 4.57 Å². The zero-order chi connectivity index (χ0) is 14.3. The summed E-state index contributed by atoms with van der Waals surface area (Å²) in [4.78, 5) is 12.5. The van der Waals surface area contributed by atoms with Crippen molar-refractivity contribution in [2.75, 3.05) is 0 Å². The van der Waals surface area contributed by atoms with Gasteiger partial charge in [-0.1, -0.05) is 0 Å². The summed E-state index contributed by atoms with van der Waals surface area (Å²) in [7, 11) is 0. The molecular formula is C16H13NO3. The van der Waals surface area contributed by atoms with Crippen molar-refractivity contribution in [3.05, 3.63) is 64.6 Å². The Morgan fingerprint density at radius 3 is 2.25 bits per heavy atom. The molecule has 1 heterocycles. The normalized spacial score (nSPS) is 10.8. The van der Waals surface area contributed by atoms with Crippen LogP contribution in [-0.2, 0) is 0 Å². The molecule has 20 heavy (non-hydrogen) atoms. The molecule has 0 amide bonds.